The minimum Gasteiger partial charge on any atom is -0.465 e. The number of hydrogen-bond acceptors (Lipinski definition) is 4. The van der Waals surface area contributed by atoms with Gasteiger partial charge >= 0.3 is 18.1 Å². The number of aryl methyl sites for hydroxylation is 2. The molecule has 0 amide bonds. The Balaban J connectivity index is 0.000000296. The van der Waals surface area contributed by atoms with Gasteiger partial charge in [-0.3, -0.25) is 0 Å². The van der Waals surface area contributed by atoms with Gasteiger partial charge in [-0.05, 0) is 71.8 Å². The Morgan fingerprint density at radius 2 is 1.28 bits per heavy atom. The molecule has 2 rings (SSSR count). The lowest BCUT2D eigenvalue weighted by atomic mass is 10.0. The molecular formula is C19H16Cl2F3IO4. The van der Waals surface area contributed by atoms with E-state index in [1.165, 1.54) is 20.1 Å². The van der Waals surface area contributed by atoms with Crippen molar-refractivity contribution in [2.24, 2.45) is 0 Å². The number of methoxy groups -OCH3 is 2. The smallest absolute Gasteiger partial charge is 0.417 e. The van der Waals surface area contributed by atoms with Crippen LogP contribution in [0.15, 0.2) is 24.3 Å². The number of carbonyl (C=O) groups is 2. The summed E-state index contributed by atoms with van der Waals surface area (Å²) >= 11 is 13.4. The third-order valence-corrected chi connectivity index (χ3v) is 4.92. The van der Waals surface area contributed by atoms with Gasteiger partial charge in [0.1, 0.15) is 0 Å². The third-order valence-electron chi connectivity index (χ3n) is 3.64. The summed E-state index contributed by atoms with van der Waals surface area (Å²) in [5.41, 5.74) is -0.0216. The molecule has 0 saturated heterocycles. The highest BCUT2D eigenvalue weighted by atomic mass is 127. The number of benzene rings is 2. The molecule has 2 aromatic rings. The molecule has 10 heteroatoms. The average Bonchev–Trinajstić information content (AvgIpc) is 2.59. The molecule has 0 aliphatic heterocycles. The summed E-state index contributed by atoms with van der Waals surface area (Å²) in [7, 11) is 2.39. The Kier molecular flexibility index (Phi) is 9.23. The molecule has 0 spiro atoms. The molecular weight excluding hydrogens is 547 g/mol. The molecule has 0 atom stereocenters. The molecule has 0 aliphatic rings. The van der Waals surface area contributed by atoms with E-state index in [2.05, 4.69) is 32.1 Å². The largest absolute Gasteiger partial charge is 0.465 e. The van der Waals surface area contributed by atoms with E-state index in [-0.39, 0.29) is 16.6 Å². The van der Waals surface area contributed by atoms with E-state index >= 15 is 0 Å². The van der Waals surface area contributed by atoms with Gasteiger partial charge in [0, 0.05) is 13.6 Å². The van der Waals surface area contributed by atoms with E-state index < -0.39 is 23.3 Å². The highest BCUT2D eigenvalue weighted by Crippen LogP contribution is 2.35. The van der Waals surface area contributed by atoms with Crippen LogP contribution in [0.5, 0.6) is 0 Å². The van der Waals surface area contributed by atoms with Crippen molar-refractivity contribution in [3.8, 4) is 0 Å². The Morgan fingerprint density at radius 3 is 1.69 bits per heavy atom. The Hall–Kier alpha value is -1.52. The Bertz CT molecular complexity index is 907. The van der Waals surface area contributed by atoms with Crippen molar-refractivity contribution in [3.05, 3.63) is 65.7 Å². The zero-order valence-corrected chi connectivity index (χ0v) is 19.4. The summed E-state index contributed by atoms with van der Waals surface area (Å²) in [6.07, 6.45) is -4.64. The molecule has 0 aromatic heterocycles. The van der Waals surface area contributed by atoms with Gasteiger partial charge in [0.25, 0.3) is 0 Å². The fraction of sp³-hybridized carbons (Fsp3) is 0.263. The summed E-state index contributed by atoms with van der Waals surface area (Å²) in [4.78, 5) is 22.5. The second-order valence-electron chi connectivity index (χ2n) is 5.71. The quantitative estimate of drug-likeness (QED) is 0.310. The van der Waals surface area contributed by atoms with Crippen LogP contribution in [-0.4, -0.2) is 26.2 Å². The summed E-state index contributed by atoms with van der Waals surface area (Å²) in [6.45, 7) is 3.20. The SMILES string of the molecule is COC(=O)c1c(C)cc(Cl)cc1C(F)(F)F.COC(=O)c1c(C)cc(Cl)cc1I. The van der Waals surface area contributed by atoms with Crippen molar-refractivity contribution < 1.29 is 32.2 Å². The molecule has 4 nitrogen and oxygen atoms in total. The van der Waals surface area contributed by atoms with Crippen molar-refractivity contribution in [1.29, 1.82) is 0 Å². The molecule has 158 valence electrons. The second kappa shape index (κ2) is 10.5. The van der Waals surface area contributed by atoms with Crippen LogP contribution < -0.4 is 0 Å². The van der Waals surface area contributed by atoms with Gasteiger partial charge in [-0.2, -0.15) is 13.2 Å². The third kappa shape index (κ3) is 6.75. The molecule has 2 aromatic carbocycles. The molecule has 0 aliphatic carbocycles. The van der Waals surface area contributed by atoms with Crippen LogP contribution in [0.1, 0.15) is 37.4 Å². The number of hydrogen-bond donors (Lipinski definition) is 0. The van der Waals surface area contributed by atoms with Crippen LogP contribution in [0.2, 0.25) is 10.0 Å². The second-order valence-corrected chi connectivity index (χ2v) is 7.74. The maximum absolute atomic E-state index is 12.6. The molecule has 0 radical (unpaired) electrons. The number of halogens is 6. The first-order valence-electron chi connectivity index (χ1n) is 7.83. The predicted molar refractivity (Wildman–Crippen MR) is 113 cm³/mol. The minimum absolute atomic E-state index is 0.0718. The van der Waals surface area contributed by atoms with E-state index in [1.54, 1.807) is 12.1 Å². The van der Waals surface area contributed by atoms with Crippen LogP contribution in [0, 0.1) is 17.4 Å². The van der Waals surface area contributed by atoms with Gasteiger partial charge in [0.15, 0.2) is 0 Å². The van der Waals surface area contributed by atoms with Crippen molar-refractivity contribution in [3.63, 3.8) is 0 Å². The first-order valence-corrected chi connectivity index (χ1v) is 9.66. The first kappa shape index (κ1) is 25.5. The lowest BCUT2D eigenvalue weighted by Crippen LogP contribution is -2.15. The lowest BCUT2D eigenvalue weighted by molar-refractivity contribution is -0.138. The van der Waals surface area contributed by atoms with Gasteiger partial charge in [0.05, 0.1) is 30.9 Å². The van der Waals surface area contributed by atoms with Crippen molar-refractivity contribution in [2.75, 3.05) is 14.2 Å². The van der Waals surface area contributed by atoms with Crippen molar-refractivity contribution >= 4 is 57.7 Å². The van der Waals surface area contributed by atoms with Crippen LogP contribution in [0.25, 0.3) is 0 Å². The van der Waals surface area contributed by atoms with Crippen LogP contribution in [-0.2, 0) is 15.7 Å². The maximum Gasteiger partial charge on any atom is 0.417 e. The molecule has 0 unspecified atom stereocenters. The highest BCUT2D eigenvalue weighted by Gasteiger charge is 2.36. The van der Waals surface area contributed by atoms with Crippen LogP contribution in [0.4, 0.5) is 13.2 Å². The van der Waals surface area contributed by atoms with E-state index in [9.17, 15) is 22.8 Å². The lowest BCUT2D eigenvalue weighted by Gasteiger charge is -2.14. The molecule has 0 heterocycles. The molecule has 0 saturated carbocycles. The predicted octanol–water partition coefficient (Wildman–Crippen LogP) is 6.49. The number of ether oxygens (including phenoxy) is 2. The molecule has 0 fully saturated rings. The van der Waals surface area contributed by atoms with E-state index in [1.807, 2.05) is 6.92 Å². The minimum atomic E-state index is -4.64. The van der Waals surface area contributed by atoms with Gasteiger partial charge in [-0.1, -0.05) is 23.2 Å². The van der Waals surface area contributed by atoms with Crippen LogP contribution in [0.3, 0.4) is 0 Å². The van der Waals surface area contributed by atoms with E-state index in [0.717, 1.165) is 16.2 Å². The van der Waals surface area contributed by atoms with Crippen molar-refractivity contribution in [1.82, 2.24) is 0 Å². The highest BCUT2D eigenvalue weighted by molar-refractivity contribution is 14.1. The first-order chi connectivity index (χ1) is 13.3. The summed E-state index contributed by atoms with van der Waals surface area (Å²) < 4.78 is 47.7. The fourth-order valence-corrected chi connectivity index (χ4v) is 4.11. The van der Waals surface area contributed by atoms with E-state index in [4.69, 9.17) is 23.2 Å². The monoisotopic (exact) mass is 562 g/mol. The maximum atomic E-state index is 12.6. The summed E-state index contributed by atoms with van der Waals surface area (Å²) in [5, 5.41) is 0.562. The van der Waals surface area contributed by atoms with Gasteiger partial charge in [-0.15, -0.1) is 0 Å². The fourth-order valence-electron chi connectivity index (χ4n) is 2.40. The molecule has 0 N–H and O–H groups in total. The van der Waals surface area contributed by atoms with E-state index in [0.29, 0.717) is 16.7 Å². The molecule has 29 heavy (non-hydrogen) atoms. The van der Waals surface area contributed by atoms with Gasteiger partial charge in [0.2, 0.25) is 0 Å². The Morgan fingerprint density at radius 1 is 0.862 bits per heavy atom. The number of alkyl halides is 3. The zero-order chi connectivity index (χ0) is 22.5. The Labute approximate surface area is 189 Å². The van der Waals surface area contributed by atoms with Crippen LogP contribution >= 0.6 is 45.8 Å². The normalized spacial score (nSPS) is 10.7. The standard InChI is InChI=1S/C10H8ClF3O2.C9H8ClIO2/c1-5-3-6(11)4-7(10(12,13)14)8(5)9(15)16-2;1-5-3-6(10)4-7(11)8(5)9(12)13-2/h3-4H,1-2H3;3-4H,1-2H3. The summed E-state index contributed by atoms with van der Waals surface area (Å²) in [5.74, 6) is -1.35. The summed E-state index contributed by atoms with van der Waals surface area (Å²) in [6, 6.07) is 5.47. The van der Waals surface area contributed by atoms with Gasteiger partial charge in [-0.25, -0.2) is 9.59 Å². The average molecular weight is 563 g/mol. The number of rotatable bonds is 2. The van der Waals surface area contributed by atoms with Gasteiger partial charge < -0.3 is 9.47 Å². The number of carbonyl (C=O) groups excluding carboxylic acids is 2. The van der Waals surface area contributed by atoms with Crippen molar-refractivity contribution in [2.45, 2.75) is 20.0 Å². The number of esters is 2. The molecule has 0 bridgehead atoms. The zero-order valence-electron chi connectivity index (χ0n) is 15.7. The topological polar surface area (TPSA) is 52.6 Å².